The highest BCUT2D eigenvalue weighted by atomic mass is 16.5. The molecule has 0 spiro atoms. The van der Waals surface area contributed by atoms with Crippen molar-refractivity contribution in [3.8, 4) is 11.8 Å². The van der Waals surface area contributed by atoms with Crippen molar-refractivity contribution in [3.05, 3.63) is 53.7 Å². The van der Waals surface area contributed by atoms with E-state index >= 15 is 0 Å². The molecule has 1 aliphatic carbocycles. The maximum Gasteiger partial charge on any atom is 0.223 e. The number of nitriles is 1. The highest BCUT2D eigenvalue weighted by Crippen LogP contribution is 2.47. The van der Waals surface area contributed by atoms with Gasteiger partial charge in [-0.15, -0.1) is 0 Å². The number of pyridine rings is 1. The van der Waals surface area contributed by atoms with Crippen molar-refractivity contribution >= 4 is 11.7 Å². The second-order valence-electron chi connectivity index (χ2n) is 5.95. The van der Waals surface area contributed by atoms with Crippen LogP contribution < -0.4 is 15.4 Å². The van der Waals surface area contributed by atoms with Crippen LogP contribution in [0, 0.1) is 17.2 Å². The quantitative estimate of drug-likeness (QED) is 0.758. The van der Waals surface area contributed by atoms with Crippen molar-refractivity contribution in [2.75, 3.05) is 25.5 Å². The van der Waals surface area contributed by atoms with Crippen LogP contribution in [0.2, 0.25) is 0 Å². The molecule has 2 aromatic rings. The number of hydrogen-bond donors (Lipinski definition) is 2. The smallest absolute Gasteiger partial charge is 0.223 e. The maximum atomic E-state index is 12.2. The van der Waals surface area contributed by atoms with Crippen LogP contribution in [0.15, 0.2) is 42.6 Å². The second kappa shape index (κ2) is 7.67. The monoisotopic (exact) mass is 336 g/mol. The molecule has 0 unspecified atom stereocenters. The average molecular weight is 336 g/mol. The molecule has 128 valence electrons. The molecule has 1 aliphatic rings. The number of carbonyl (C=O) groups is 1. The van der Waals surface area contributed by atoms with Gasteiger partial charge in [0.2, 0.25) is 5.91 Å². The van der Waals surface area contributed by atoms with E-state index in [2.05, 4.69) is 21.7 Å². The van der Waals surface area contributed by atoms with Gasteiger partial charge in [0.05, 0.1) is 12.7 Å². The molecule has 3 rings (SSSR count). The number of benzene rings is 1. The Morgan fingerprint density at radius 3 is 2.84 bits per heavy atom. The van der Waals surface area contributed by atoms with E-state index in [0.29, 0.717) is 30.4 Å². The molecule has 6 nitrogen and oxygen atoms in total. The van der Waals surface area contributed by atoms with Crippen molar-refractivity contribution in [3.63, 3.8) is 0 Å². The Hall–Kier alpha value is -3.07. The molecule has 0 aliphatic heterocycles. The lowest BCUT2D eigenvalue weighted by Crippen LogP contribution is -2.30. The van der Waals surface area contributed by atoms with Gasteiger partial charge < -0.3 is 15.4 Å². The zero-order valence-electron chi connectivity index (χ0n) is 14.0. The Morgan fingerprint density at radius 2 is 2.12 bits per heavy atom. The summed E-state index contributed by atoms with van der Waals surface area (Å²) < 4.78 is 5.15. The minimum atomic E-state index is 0.0397. The second-order valence-corrected chi connectivity index (χ2v) is 5.95. The molecule has 0 bridgehead atoms. The number of ether oxygens (including phenoxy) is 1. The van der Waals surface area contributed by atoms with E-state index in [-0.39, 0.29) is 11.8 Å². The van der Waals surface area contributed by atoms with Crippen LogP contribution in [-0.4, -0.2) is 31.1 Å². The zero-order valence-corrected chi connectivity index (χ0v) is 14.0. The molecular weight excluding hydrogens is 316 g/mol. The fraction of sp³-hybridized carbons (Fsp3) is 0.316. The molecule has 1 heterocycles. The normalized spacial score (nSPS) is 18.1. The third-order valence-electron chi connectivity index (χ3n) is 4.32. The Kier molecular flexibility index (Phi) is 5.14. The highest BCUT2D eigenvalue weighted by Gasteiger charge is 2.43. The van der Waals surface area contributed by atoms with Crippen LogP contribution in [0.25, 0.3) is 0 Å². The van der Waals surface area contributed by atoms with Gasteiger partial charge in [-0.05, 0) is 42.2 Å². The molecule has 2 atom stereocenters. The number of hydrogen-bond acceptors (Lipinski definition) is 5. The first-order chi connectivity index (χ1) is 12.2. The van der Waals surface area contributed by atoms with E-state index in [0.717, 1.165) is 12.2 Å². The van der Waals surface area contributed by atoms with E-state index in [1.165, 1.54) is 5.56 Å². The van der Waals surface area contributed by atoms with Crippen LogP contribution >= 0.6 is 0 Å². The minimum Gasteiger partial charge on any atom is -0.497 e. The van der Waals surface area contributed by atoms with Crippen LogP contribution in [0.4, 0.5) is 5.82 Å². The molecule has 6 heteroatoms. The lowest BCUT2D eigenvalue weighted by Gasteiger charge is -2.08. The molecular formula is C19H20N4O2. The lowest BCUT2D eigenvalue weighted by atomic mass is 10.1. The Morgan fingerprint density at radius 1 is 1.32 bits per heavy atom. The molecule has 25 heavy (non-hydrogen) atoms. The number of rotatable bonds is 7. The van der Waals surface area contributed by atoms with Crippen molar-refractivity contribution in [2.45, 2.75) is 12.3 Å². The molecule has 0 saturated heterocycles. The van der Waals surface area contributed by atoms with Gasteiger partial charge in [-0.3, -0.25) is 4.79 Å². The topological polar surface area (TPSA) is 87.0 Å². The summed E-state index contributed by atoms with van der Waals surface area (Å²) in [5, 5.41) is 15.0. The number of anilines is 1. The van der Waals surface area contributed by atoms with Gasteiger partial charge in [-0.2, -0.15) is 5.26 Å². The Balaban J connectivity index is 1.42. The van der Waals surface area contributed by atoms with Crippen molar-refractivity contribution in [1.29, 1.82) is 5.26 Å². The lowest BCUT2D eigenvalue weighted by molar-refractivity contribution is -0.122. The van der Waals surface area contributed by atoms with Gasteiger partial charge in [0.25, 0.3) is 0 Å². The van der Waals surface area contributed by atoms with E-state index in [1.54, 1.807) is 25.4 Å². The fourth-order valence-electron chi connectivity index (χ4n) is 2.84. The van der Waals surface area contributed by atoms with Gasteiger partial charge in [0.1, 0.15) is 17.6 Å². The Labute approximate surface area is 146 Å². The van der Waals surface area contributed by atoms with Gasteiger partial charge in [0.15, 0.2) is 0 Å². The van der Waals surface area contributed by atoms with Gasteiger partial charge in [0, 0.05) is 25.2 Å². The third-order valence-corrected chi connectivity index (χ3v) is 4.32. The molecule has 1 amide bonds. The summed E-state index contributed by atoms with van der Waals surface area (Å²) in [5.41, 5.74) is 1.67. The summed E-state index contributed by atoms with van der Waals surface area (Å²) in [6.07, 6.45) is 2.51. The van der Waals surface area contributed by atoms with Gasteiger partial charge >= 0.3 is 0 Å². The predicted octanol–water partition coefficient (Wildman–Crippen LogP) is 2.29. The van der Waals surface area contributed by atoms with E-state index < -0.39 is 0 Å². The third kappa shape index (κ3) is 4.07. The highest BCUT2D eigenvalue weighted by molar-refractivity contribution is 5.82. The van der Waals surface area contributed by atoms with Crippen LogP contribution in [0.1, 0.15) is 23.5 Å². The number of nitrogens with one attached hydrogen (secondary N) is 2. The number of amides is 1. The van der Waals surface area contributed by atoms with Gasteiger partial charge in [-0.25, -0.2) is 4.98 Å². The summed E-state index contributed by atoms with van der Waals surface area (Å²) in [7, 11) is 1.64. The number of nitrogens with zero attached hydrogens (tertiary/aromatic N) is 2. The zero-order chi connectivity index (χ0) is 17.6. The SMILES string of the molecule is COc1ccc([C@@H]2C[C@@H]2C(=O)NCCNc2ncccc2C#N)cc1. The van der Waals surface area contributed by atoms with E-state index in [4.69, 9.17) is 10.00 Å². The molecule has 2 N–H and O–H groups in total. The molecule has 1 fully saturated rings. The fourth-order valence-corrected chi connectivity index (χ4v) is 2.84. The molecule has 1 saturated carbocycles. The first-order valence-corrected chi connectivity index (χ1v) is 8.23. The van der Waals surface area contributed by atoms with Crippen LogP contribution in [0.5, 0.6) is 5.75 Å². The average Bonchev–Trinajstić information content (AvgIpc) is 3.46. The molecule has 1 aromatic carbocycles. The Bertz CT molecular complexity index is 783. The minimum absolute atomic E-state index is 0.0397. The van der Waals surface area contributed by atoms with Gasteiger partial charge in [-0.1, -0.05) is 12.1 Å². The predicted molar refractivity (Wildman–Crippen MR) is 94.3 cm³/mol. The summed E-state index contributed by atoms with van der Waals surface area (Å²) >= 11 is 0. The summed E-state index contributed by atoms with van der Waals surface area (Å²) in [6, 6.07) is 13.4. The summed E-state index contributed by atoms with van der Waals surface area (Å²) in [5.74, 6) is 1.77. The van der Waals surface area contributed by atoms with Crippen molar-refractivity contribution < 1.29 is 9.53 Å². The first kappa shape index (κ1) is 16.8. The van der Waals surface area contributed by atoms with Crippen LogP contribution in [0.3, 0.4) is 0 Å². The standard InChI is InChI=1S/C19H20N4O2/c1-25-15-6-4-13(5-7-15)16-11-17(16)19(24)23-10-9-22-18-14(12-20)3-2-8-21-18/h2-8,16-17H,9-11H2,1H3,(H,21,22)(H,23,24)/t16-,17-/m0/s1. The maximum absolute atomic E-state index is 12.2. The molecule has 1 aromatic heterocycles. The van der Waals surface area contributed by atoms with Crippen molar-refractivity contribution in [1.82, 2.24) is 10.3 Å². The summed E-state index contributed by atoms with van der Waals surface area (Å²) in [6.45, 7) is 1.02. The number of methoxy groups -OCH3 is 1. The van der Waals surface area contributed by atoms with E-state index in [9.17, 15) is 4.79 Å². The van der Waals surface area contributed by atoms with Crippen molar-refractivity contribution in [2.24, 2.45) is 5.92 Å². The largest absolute Gasteiger partial charge is 0.497 e. The van der Waals surface area contributed by atoms with E-state index in [1.807, 2.05) is 24.3 Å². The summed E-state index contributed by atoms with van der Waals surface area (Å²) in [4.78, 5) is 16.3. The number of carbonyl (C=O) groups excluding carboxylic acids is 1. The van der Waals surface area contributed by atoms with Crippen LogP contribution in [-0.2, 0) is 4.79 Å². The first-order valence-electron chi connectivity index (χ1n) is 8.23. The number of aromatic nitrogens is 1. The molecule has 0 radical (unpaired) electrons.